The summed E-state index contributed by atoms with van der Waals surface area (Å²) < 4.78 is 1.10. The molecule has 1 aromatic rings. The summed E-state index contributed by atoms with van der Waals surface area (Å²) in [5.74, 6) is -0.807. The molecule has 0 saturated carbocycles. The minimum absolute atomic E-state index is 0.166. The number of nitrogens with zero attached hydrogens (tertiary/aromatic N) is 1. The SMILES string of the molecule is CC(Cc1ccc(Br)cc1)N1CCC(C(=O)O)CC1C. The summed E-state index contributed by atoms with van der Waals surface area (Å²) in [5.41, 5.74) is 1.33. The smallest absolute Gasteiger partial charge is 0.306 e. The van der Waals surface area contributed by atoms with Crippen LogP contribution >= 0.6 is 15.9 Å². The van der Waals surface area contributed by atoms with E-state index in [1.165, 1.54) is 5.56 Å². The van der Waals surface area contributed by atoms with Crippen LogP contribution in [0.3, 0.4) is 0 Å². The van der Waals surface area contributed by atoms with Crippen LogP contribution < -0.4 is 0 Å². The van der Waals surface area contributed by atoms with Gasteiger partial charge in [0, 0.05) is 16.6 Å². The standard InChI is InChI=1S/C16H22BrNO2/c1-11(9-13-3-5-15(17)6-4-13)18-8-7-14(16(19)20)10-12(18)2/h3-6,11-12,14H,7-10H2,1-2H3,(H,19,20). The monoisotopic (exact) mass is 339 g/mol. The van der Waals surface area contributed by atoms with E-state index in [1.54, 1.807) is 0 Å². The molecule has 3 nitrogen and oxygen atoms in total. The predicted molar refractivity (Wildman–Crippen MR) is 83.8 cm³/mol. The third-order valence-corrected chi connectivity index (χ3v) is 4.82. The van der Waals surface area contributed by atoms with Crippen LogP contribution in [0.4, 0.5) is 0 Å². The Morgan fingerprint density at radius 3 is 2.65 bits per heavy atom. The molecule has 1 heterocycles. The van der Waals surface area contributed by atoms with Crippen molar-refractivity contribution in [1.82, 2.24) is 4.90 Å². The van der Waals surface area contributed by atoms with Gasteiger partial charge in [0.2, 0.25) is 0 Å². The minimum atomic E-state index is -0.642. The molecule has 1 saturated heterocycles. The molecule has 0 radical (unpaired) electrons. The lowest BCUT2D eigenvalue weighted by Crippen LogP contribution is -2.47. The van der Waals surface area contributed by atoms with Gasteiger partial charge in [-0.15, -0.1) is 0 Å². The number of benzene rings is 1. The number of rotatable bonds is 4. The Labute approximate surface area is 129 Å². The molecule has 1 aliphatic rings. The molecule has 0 aromatic heterocycles. The Hall–Kier alpha value is -0.870. The molecule has 0 amide bonds. The number of halogens is 1. The fourth-order valence-electron chi connectivity index (χ4n) is 3.15. The number of piperidine rings is 1. The van der Waals surface area contributed by atoms with Crippen LogP contribution in [0.5, 0.6) is 0 Å². The zero-order valence-corrected chi connectivity index (χ0v) is 13.6. The molecule has 20 heavy (non-hydrogen) atoms. The Kier molecular flexibility index (Phi) is 5.22. The van der Waals surface area contributed by atoms with Gasteiger partial charge in [-0.05, 0) is 57.4 Å². The normalized spacial score (nSPS) is 25.4. The van der Waals surface area contributed by atoms with Crippen molar-refractivity contribution in [2.75, 3.05) is 6.54 Å². The average molecular weight is 340 g/mol. The molecule has 4 heteroatoms. The minimum Gasteiger partial charge on any atom is -0.481 e. The summed E-state index contributed by atoms with van der Waals surface area (Å²) in [6.45, 7) is 5.27. The third-order valence-electron chi connectivity index (χ3n) is 4.29. The van der Waals surface area contributed by atoms with Gasteiger partial charge in [-0.25, -0.2) is 0 Å². The van der Waals surface area contributed by atoms with E-state index in [9.17, 15) is 4.79 Å². The number of likely N-dealkylation sites (tertiary alicyclic amines) is 1. The van der Waals surface area contributed by atoms with E-state index < -0.39 is 5.97 Å². The number of hydrogen-bond acceptors (Lipinski definition) is 2. The van der Waals surface area contributed by atoms with Crippen LogP contribution in [0.15, 0.2) is 28.7 Å². The summed E-state index contributed by atoms with van der Waals surface area (Å²) in [7, 11) is 0. The molecule has 3 atom stereocenters. The van der Waals surface area contributed by atoms with E-state index in [0.29, 0.717) is 12.1 Å². The number of hydrogen-bond donors (Lipinski definition) is 1. The highest BCUT2D eigenvalue weighted by atomic mass is 79.9. The largest absolute Gasteiger partial charge is 0.481 e. The lowest BCUT2D eigenvalue weighted by atomic mass is 9.90. The highest BCUT2D eigenvalue weighted by molar-refractivity contribution is 9.10. The van der Waals surface area contributed by atoms with Crippen LogP contribution in [0.25, 0.3) is 0 Å². The third kappa shape index (κ3) is 3.83. The number of carbonyl (C=O) groups is 1. The summed E-state index contributed by atoms with van der Waals surface area (Å²) in [5, 5.41) is 9.12. The van der Waals surface area contributed by atoms with Gasteiger partial charge in [0.15, 0.2) is 0 Å². The molecular weight excluding hydrogens is 318 g/mol. The second-order valence-corrected chi connectivity index (χ2v) is 6.74. The fraction of sp³-hybridized carbons (Fsp3) is 0.562. The fourth-order valence-corrected chi connectivity index (χ4v) is 3.41. The molecule has 3 unspecified atom stereocenters. The van der Waals surface area contributed by atoms with Gasteiger partial charge in [-0.1, -0.05) is 28.1 Å². The predicted octanol–water partition coefficient (Wildman–Crippen LogP) is 3.57. The van der Waals surface area contributed by atoms with Gasteiger partial charge < -0.3 is 5.11 Å². The van der Waals surface area contributed by atoms with Crippen LogP contribution in [0.2, 0.25) is 0 Å². The van der Waals surface area contributed by atoms with Crippen LogP contribution in [0, 0.1) is 5.92 Å². The first-order chi connectivity index (χ1) is 9.47. The van der Waals surface area contributed by atoms with E-state index in [0.717, 1.165) is 30.3 Å². The molecule has 0 aliphatic carbocycles. The van der Waals surface area contributed by atoms with Crippen molar-refractivity contribution in [2.24, 2.45) is 5.92 Å². The molecule has 110 valence electrons. The first-order valence-electron chi connectivity index (χ1n) is 7.20. The zero-order valence-electron chi connectivity index (χ0n) is 12.1. The highest BCUT2D eigenvalue weighted by Gasteiger charge is 2.31. The Balaban J connectivity index is 1.94. The van der Waals surface area contributed by atoms with Gasteiger partial charge in [0.1, 0.15) is 0 Å². The van der Waals surface area contributed by atoms with Crippen molar-refractivity contribution in [3.63, 3.8) is 0 Å². The molecule has 0 spiro atoms. The molecule has 2 rings (SSSR count). The van der Waals surface area contributed by atoms with Crippen molar-refractivity contribution >= 4 is 21.9 Å². The van der Waals surface area contributed by atoms with Crippen molar-refractivity contribution in [1.29, 1.82) is 0 Å². The van der Waals surface area contributed by atoms with Gasteiger partial charge in [-0.3, -0.25) is 9.69 Å². The molecule has 1 fully saturated rings. The van der Waals surface area contributed by atoms with Gasteiger partial charge in [0.25, 0.3) is 0 Å². The zero-order chi connectivity index (χ0) is 14.7. The molecule has 0 bridgehead atoms. The lowest BCUT2D eigenvalue weighted by molar-refractivity contribution is -0.144. The van der Waals surface area contributed by atoms with Crippen molar-refractivity contribution < 1.29 is 9.90 Å². The topological polar surface area (TPSA) is 40.5 Å². The molecule has 1 N–H and O–H groups in total. The lowest BCUT2D eigenvalue weighted by Gasteiger charge is -2.40. The van der Waals surface area contributed by atoms with E-state index in [2.05, 4.69) is 58.9 Å². The average Bonchev–Trinajstić information content (AvgIpc) is 2.41. The van der Waals surface area contributed by atoms with E-state index in [4.69, 9.17) is 5.11 Å². The summed E-state index contributed by atoms with van der Waals surface area (Å²) in [4.78, 5) is 13.5. The van der Waals surface area contributed by atoms with Crippen molar-refractivity contribution in [3.05, 3.63) is 34.3 Å². The Morgan fingerprint density at radius 1 is 1.45 bits per heavy atom. The van der Waals surface area contributed by atoms with Gasteiger partial charge >= 0.3 is 5.97 Å². The van der Waals surface area contributed by atoms with Crippen molar-refractivity contribution in [2.45, 2.75) is 45.2 Å². The summed E-state index contributed by atoms with van der Waals surface area (Å²) >= 11 is 3.45. The van der Waals surface area contributed by atoms with Gasteiger partial charge in [0.05, 0.1) is 5.92 Å². The van der Waals surface area contributed by atoms with E-state index in [-0.39, 0.29) is 5.92 Å². The van der Waals surface area contributed by atoms with E-state index in [1.807, 2.05) is 0 Å². The van der Waals surface area contributed by atoms with Gasteiger partial charge in [-0.2, -0.15) is 0 Å². The van der Waals surface area contributed by atoms with E-state index >= 15 is 0 Å². The maximum Gasteiger partial charge on any atom is 0.306 e. The maximum atomic E-state index is 11.1. The van der Waals surface area contributed by atoms with Crippen LogP contribution in [-0.4, -0.2) is 34.6 Å². The first kappa shape index (κ1) is 15.5. The van der Waals surface area contributed by atoms with Crippen LogP contribution in [0.1, 0.15) is 32.3 Å². The Bertz CT molecular complexity index is 460. The number of carboxylic acids is 1. The number of carboxylic acid groups (broad SMARTS) is 1. The summed E-state index contributed by atoms with van der Waals surface area (Å²) in [6.07, 6.45) is 2.54. The second kappa shape index (κ2) is 6.72. The summed E-state index contributed by atoms with van der Waals surface area (Å²) in [6, 6.07) is 9.23. The van der Waals surface area contributed by atoms with Crippen molar-refractivity contribution in [3.8, 4) is 0 Å². The first-order valence-corrected chi connectivity index (χ1v) is 7.99. The van der Waals surface area contributed by atoms with Crippen LogP contribution in [-0.2, 0) is 11.2 Å². The quantitative estimate of drug-likeness (QED) is 0.911. The Morgan fingerprint density at radius 2 is 2.10 bits per heavy atom. The number of aliphatic carboxylic acids is 1. The maximum absolute atomic E-state index is 11.1. The molecule has 1 aromatic carbocycles. The molecule has 1 aliphatic heterocycles. The highest BCUT2D eigenvalue weighted by Crippen LogP contribution is 2.26. The molecular formula is C16H22BrNO2. The second-order valence-electron chi connectivity index (χ2n) is 5.83.